The number of ketones is 1. The Bertz CT molecular complexity index is 1010. The Kier molecular flexibility index (Phi) is 5.69. The number of fused-ring (bicyclic) bond motifs is 1. The van der Waals surface area contributed by atoms with Crippen molar-refractivity contribution in [3.63, 3.8) is 0 Å². The first-order chi connectivity index (χ1) is 14.7. The minimum Gasteiger partial charge on any atom is -0.354 e. The lowest BCUT2D eigenvalue weighted by Gasteiger charge is -2.28. The number of carbonyl (C=O) groups is 3. The number of nitrogens with one attached hydrogen (secondary N) is 3. The van der Waals surface area contributed by atoms with E-state index in [1.165, 1.54) is 12.8 Å². The lowest BCUT2D eigenvalue weighted by atomic mass is 9.75. The van der Waals surface area contributed by atoms with Crippen molar-refractivity contribution in [1.29, 1.82) is 0 Å². The van der Waals surface area contributed by atoms with Gasteiger partial charge >= 0.3 is 0 Å². The van der Waals surface area contributed by atoms with Gasteiger partial charge in [0.05, 0.1) is 0 Å². The van der Waals surface area contributed by atoms with E-state index in [4.69, 9.17) is 0 Å². The van der Waals surface area contributed by atoms with Crippen LogP contribution in [0.1, 0.15) is 78.1 Å². The van der Waals surface area contributed by atoms with Crippen molar-refractivity contribution in [3.05, 3.63) is 46.9 Å². The van der Waals surface area contributed by atoms with Gasteiger partial charge < -0.3 is 15.6 Å². The van der Waals surface area contributed by atoms with E-state index in [0.717, 1.165) is 12.1 Å². The van der Waals surface area contributed by atoms with Crippen molar-refractivity contribution >= 4 is 23.4 Å². The quantitative estimate of drug-likeness (QED) is 0.631. The van der Waals surface area contributed by atoms with E-state index in [9.17, 15) is 14.4 Å². The highest BCUT2D eigenvalue weighted by Gasteiger charge is 2.36. The molecule has 4 rings (SSSR count). The number of hydrogen-bond donors (Lipinski definition) is 3. The van der Waals surface area contributed by atoms with Gasteiger partial charge in [0.25, 0.3) is 5.91 Å². The van der Waals surface area contributed by atoms with E-state index in [1.807, 2.05) is 0 Å². The number of nitrogens with zero attached hydrogens (tertiary/aromatic N) is 1. The minimum atomic E-state index is -0.665. The molecule has 2 aromatic heterocycles. The predicted octanol–water partition coefficient (Wildman–Crippen LogP) is 3.80. The van der Waals surface area contributed by atoms with Crippen LogP contribution in [0.2, 0.25) is 0 Å². The second kappa shape index (κ2) is 8.29. The second-order valence-electron chi connectivity index (χ2n) is 9.67. The largest absolute Gasteiger partial charge is 0.354 e. The number of carbonyl (C=O) groups excluding carboxylic acids is 3. The molecule has 164 valence electrons. The number of aromatic nitrogens is 2. The standard InChI is InChI=1S/C24H30N4O3/c1-14-20-17(12-24(2,3)13-18(20)29)26-21(14)23(31)27-16(10-9-15-7-8-15)22(30)28-19-6-4-5-11-25-19/h4-6,11,15-16,26H,7-10,12-13H2,1-3H3,(H,27,31)(H,25,28,30). The molecule has 7 heteroatoms. The molecular formula is C24H30N4O3. The zero-order chi connectivity index (χ0) is 22.2. The van der Waals surface area contributed by atoms with Crippen LogP contribution < -0.4 is 10.6 Å². The fraction of sp³-hybridized carbons (Fsp3) is 0.500. The van der Waals surface area contributed by atoms with Gasteiger partial charge in [0, 0.05) is 23.9 Å². The highest BCUT2D eigenvalue weighted by Crippen LogP contribution is 2.37. The molecular weight excluding hydrogens is 392 g/mol. The van der Waals surface area contributed by atoms with Crippen LogP contribution in [0, 0.1) is 18.3 Å². The molecule has 2 aliphatic rings. The topological polar surface area (TPSA) is 104 Å². The highest BCUT2D eigenvalue weighted by atomic mass is 16.2. The van der Waals surface area contributed by atoms with Crippen molar-refractivity contribution in [2.75, 3.05) is 5.32 Å². The van der Waals surface area contributed by atoms with Gasteiger partial charge in [-0.3, -0.25) is 14.4 Å². The van der Waals surface area contributed by atoms with Crippen LogP contribution in [0.4, 0.5) is 5.82 Å². The smallest absolute Gasteiger partial charge is 0.268 e. The summed E-state index contributed by atoms with van der Waals surface area (Å²) >= 11 is 0. The van der Waals surface area contributed by atoms with Crippen molar-refractivity contribution < 1.29 is 14.4 Å². The molecule has 1 unspecified atom stereocenters. The molecule has 1 atom stereocenters. The molecule has 1 fully saturated rings. The van der Waals surface area contributed by atoms with Crippen LogP contribution in [-0.2, 0) is 11.2 Å². The van der Waals surface area contributed by atoms with Crippen LogP contribution in [0.3, 0.4) is 0 Å². The number of pyridine rings is 1. The van der Waals surface area contributed by atoms with Gasteiger partial charge in [0.15, 0.2) is 5.78 Å². The third-order valence-corrected chi connectivity index (χ3v) is 6.23. The molecule has 7 nitrogen and oxygen atoms in total. The van der Waals surface area contributed by atoms with Gasteiger partial charge in [-0.15, -0.1) is 0 Å². The number of rotatable bonds is 7. The number of amides is 2. The Balaban J connectivity index is 1.52. The maximum atomic E-state index is 13.1. The molecule has 3 N–H and O–H groups in total. The van der Waals surface area contributed by atoms with E-state index in [2.05, 4.69) is 34.4 Å². The lowest BCUT2D eigenvalue weighted by Crippen LogP contribution is -2.44. The van der Waals surface area contributed by atoms with E-state index < -0.39 is 6.04 Å². The third-order valence-electron chi connectivity index (χ3n) is 6.23. The number of H-pyrrole nitrogens is 1. The van der Waals surface area contributed by atoms with Gasteiger partial charge in [-0.2, -0.15) is 0 Å². The molecule has 1 saturated carbocycles. The molecule has 0 radical (unpaired) electrons. The Hall–Kier alpha value is -2.96. The summed E-state index contributed by atoms with van der Waals surface area (Å²) in [6, 6.07) is 4.63. The van der Waals surface area contributed by atoms with Crippen molar-refractivity contribution in [3.8, 4) is 0 Å². The first-order valence-corrected chi connectivity index (χ1v) is 11.0. The molecule has 2 amide bonds. The predicted molar refractivity (Wildman–Crippen MR) is 118 cm³/mol. The molecule has 31 heavy (non-hydrogen) atoms. The minimum absolute atomic E-state index is 0.0669. The highest BCUT2D eigenvalue weighted by molar-refractivity contribution is 6.06. The molecule has 0 bridgehead atoms. The summed E-state index contributed by atoms with van der Waals surface area (Å²) < 4.78 is 0. The average Bonchev–Trinajstić information content (AvgIpc) is 3.47. The van der Waals surface area contributed by atoms with Gasteiger partial charge in [-0.25, -0.2) is 4.98 Å². The van der Waals surface area contributed by atoms with Gasteiger partial charge in [-0.05, 0) is 55.2 Å². The number of anilines is 1. The first kappa shape index (κ1) is 21.3. The SMILES string of the molecule is Cc1c(C(=O)NC(CCC2CC2)C(=O)Nc2ccccn2)[nH]c2c1C(=O)CC(C)(C)C2. The van der Waals surface area contributed by atoms with E-state index in [1.54, 1.807) is 31.3 Å². The Morgan fingerprint density at radius 1 is 1.26 bits per heavy atom. The summed E-state index contributed by atoms with van der Waals surface area (Å²) in [6.07, 6.45) is 6.63. The van der Waals surface area contributed by atoms with Gasteiger partial charge in [-0.1, -0.05) is 32.8 Å². The van der Waals surface area contributed by atoms with Crippen LogP contribution in [0.15, 0.2) is 24.4 Å². The molecule has 2 heterocycles. The Morgan fingerprint density at radius 2 is 2.03 bits per heavy atom. The molecule has 0 spiro atoms. The van der Waals surface area contributed by atoms with Crippen molar-refractivity contribution in [2.45, 2.75) is 65.3 Å². The average molecular weight is 423 g/mol. The maximum Gasteiger partial charge on any atom is 0.268 e. The summed E-state index contributed by atoms with van der Waals surface area (Å²) in [5, 5.41) is 5.70. The van der Waals surface area contributed by atoms with E-state index >= 15 is 0 Å². The van der Waals surface area contributed by atoms with Crippen LogP contribution in [-0.4, -0.2) is 33.6 Å². The Morgan fingerprint density at radius 3 is 2.71 bits per heavy atom. The number of hydrogen-bond acceptors (Lipinski definition) is 4. The summed E-state index contributed by atoms with van der Waals surface area (Å²) in [5.41, 5.74) is 2.36. The van der Waals surface area contributed by atoms with Crippen molar-refractivity contribution in [1.82, 2.24) is 15.3 Å². The second-order valence-corrected chi connectivity index (χ2v) is 9.67. The summed E-state index contributed by atoms with van der Waals surface area (Å²) in [4.78, 5) is 46.0. The monoisotopic (exact) mass is 422 g/mol. The molecule has 0 saturated heterocycles. The number of Topliss-reactive ketones (excluding diaryl/α,β-unsaturated/α-hetero) is 1. The van der Waals surface area contributed by atoms with Crippen LogP contribution >= 0.6 is 0 Å². The molecule has 2 aromatic rings. The third kappa shape index (κ3) is 4.86. The van der Waals surface area contributed by atoms with Crippen molar-refractivity contribution in [2.24, 2.45) is 11.3 Å². The lowest BCUT2D eigenvalue weighted by molar-refractivity contribution is -0.118. The zero-order valence-corrected chi connectivity index (χ0v) is 18.4. The van der Waals surface area contributed by atoms with Crippen LogP contribution in [0.5, 0.6) is 0 Å². The van der Waals surface area contributed by atoms with Crippen LogP contribution in [0.25, 0.3) is 0 Å². The van der Waals surface area contributed by atoms with E-state index in [-0.39, 0.29) is 23.0 Å². The number of aromatic amines is 1. The maximum absolute atomic E-state index is 13.1. The molecule has 2 aliphatic carbocycles. The van der Waals surface area contributed by atoms with E-state index in [0.29, 0.717) is 47.8 Å². The normalized spacial score (nSPS) is 18.2. The Labute approximate surface area is 182 Å². The fourth-order valence-electron chi connectivity index (χ4n) is 4.42. The summed E-state index contributed by atoms with van der Waals surface area (Å²) in [6.45, 7) is 5.91. The summed E-state index contributed by atoms with van der Waals surface area (Å²) in [5.74, 6) is 0.532. The summed E-state index contributed by atoms with van der Waals surface area (Å²) in [7, 11) is 0. The fourth-order valence-corrected chi connectivity index (χ4v) is 4.42. The molecule has 0 aliphatic heterocycles. The zero-order valence-electron chi connectivity index (χ0n) is 18.4. The first-order valence-electron chi connectivity index (χ1n) is 11.0. The molecule has 0 aromatic carbocycles. The van der Waals surface area contributed by atoms with Gasteiger partial charge in [0.1, 0.15) is 17.6 Å². The van der Waals surface area contributed by atoms with Gasteiger partial charge in [0.2, 0.25) is 5.91 Å².